The van der Waals surface area contributed by atoms with Gasteiger partial charge in [0.25, 0.3) is 23.6 Å². The Kier molecular flexibility index (Phi) is 12.1. The number of rotatable bonds is 8. The third-order valence-electron chi connectivity index (χ3n) is 8.59. The van der Waals surface area contributed by atoms with Gasteiger partial charge in [-0.15, -0.1) is 0 Å². The summed E-state index contributed by atoms with van der Waals surface area (Å²) >= 11 is 2.35. The van der Waals surface area contributed by atoms with Crippen molar-refractivity contribution in [3.63, 3.8) is 0 Å². The molecule has 1 N–H and O–H groups in total. The molecule has 0 unspecified atom stereocenters. The second-order valence-electron chi connectivity index (χ2n) is 12.3. The Hall–Kier alpha value is -6.18. The van der Waals surface area contributed by atoms with Crippen LogP contribution in [0.3, 0.4) is 0 Å². The lowest BCUT2D eigenvalue weighted by atomic mass is 9.91. The van der Waals surface area contributed by atoms with Crippen LogP contribution in [0.1, 0.15) is 52.6 Å². The molecule has 0 bridgehead atoms. The topological polar surface area (TPSA) is 86.8 Å². The Morgan fingerprint density at radius 2 is 1.08 bits per heavy atom. The molecule has 5 aromatic carbocycles. The highest BCUT2D eigenvalue weighted by Gasteiger charge is 2.74. The van der Waals surface area contributed by atoms with Crippen LogP contribution in [-0.2, 0) is 11.8 Å². The van der Waals surface area contributed by atoms with E-state index in [1.54, 1.807) is 0 Å². The number of amides is 4. The molecule has 308 valence electrons. The molecule has 0 aliphatic heterocycles. The van der Waals surface area contributed by atoms with E-state index in [1.807, 2.05) is 0 Å². The molecule has 0 radical (unpaired) electrons. The van der Waals surface area contributed by atoms with Gasteiger partial charge < -0.3 is 10.2 Å². The molecule has 7 nitrogen and oxygen atoms in total. The van der Waals surface area contributed by atoms with Crippen molar-refractivity contribution in [3.8, 4) is 0 Å². The van der Waals surface area contributed by atoms with Gasteiger partial charge in [-0.05, 0) is 76.6 Å². The first-order valence-electron chi connectivity index (χ1n) is 16.3. The van der Waals surface area contributed by atoms with Gasteiger partial charge >= 0.3 is 24.2 Å². The van der Waals surface area contributed by atoms with Gasteiger partial charge in [0.05, 0.1) is 33.8 Å². The van der Waals surface area contributed by atoms with E-state index < -0.39 is 120 Å². The van der Waals surface area contributed by atoms with Crippen molar-refractivity contribution >= 4 is 56.6 Å². The number of hydrogen-bond acceptors (Lipinski definition) is 4. The summed E-state index contributed by atoms with van der Waals surface area (Å²) < 4.78 is 173. The van der Waals surface area contributed by atoms with Gasteiger partial charge in [0.2, 0.25) is 0 Å². The molecule has 5 aromatic rings. The summed E-state index contributed by atoms with van der Waals surface area (Å²) in [4.78, 5) is 54.6. The van der Waals surface area contributed by atoms with E-state index in [0.29, 0.717) is 17.0 Å². The fourth-order valence-electron chi connectivity index (χ4n) is 5.67. The third-order valence-corrected chi connectivity index (χ3v) is 9.19. The standard InChI is InChI=1S/C39H22BrF12N3O4/c1-54(33(57)21-12-6-3-7-13-21)28-17-9-15-24(30(28)42)35(59)55(34(58)23-14-8-16-27(29(23)41)53-32(56)20-10-4-2-5-11-20)31-25(37(44,45)46)18-22(19-26(31)40)36(43,38(47,48)49)39(50,51)52/h2-19H,1H3,(H,53,56). The van der Waals surface area contributed by atoms with Crippen LogP contribution in [0.25, 0.3) is 0 Å². The van der Waals surface area contributed by atoms with Crippen molar-refractivity contribution in [1.82, 2.24) is 0 Å². The maximum absolute atomic E-state index is 16.3. The number of anilines is 3. The molecule has 59 heavy (non-hydrogen) atoms. The largest absolute Gasteiger partial charge is 0.435 e. The van der Waals surface area contributed by atoms with Crippen molar-refractivity contribution < 1.29 is 71.9 Å². The van der Waals surface area contributed by atoms with Crippen LogP contribution in [0, 0.1) is 11.6 Å². The van der Waals surface area contributed by atoms with Gasteiger partial charge in [-0.1, -0.05) is 48.5 Å². The third kappa shape index (κ3) is 8.39. The van der Waals surface area contributed by atoms with Gasteiger partial charge in [-0.2, -0.15) is 39.5 Å². The summed E-state index contributed by atoms with van der Waals surface area (Å²) in [5.74, 6) is -9.55. The molecule has 0 heterocycles. The molecule has 5 rings (SSSR count). The SMILES string of the molecule is CN(C(=O)c1ccccc1)c1cccc(C(=O)N(C(=O)c2cccc(NC(=O)c3ccccc3)c2F)c2c(Br)cc(C(F)(C(F)(F)F)C(F)(F)F)cc2C(F)(F)F)c1F. The average Bonchev–Trinajstić information content (AvgIpc) is 3.17. The highest BCUT2D eigenvalue weighted by atomic mass is 79.9. The van der Waals surface area contributed by atoms with Crippen molar-refractivity contribution in [2.24, 2.45) is 0 Å². The quantitative estimate of drug-likeness (QED) is 0.124. The Morgan fingerprint density at radius 1 is 0.593 bits per heavy atom. The highest BCUT2D eigenvalue weighted by molar-refractivity contribution is 9.10. The summed E-state index contributed by atoms with van der Waals surface area (Å²) in [5.41, 5.74) is -18.0. The zero-order chi connectivity index (χ0) is 43.8. The Bertz CT molecular complexity index is 2430. The fourth-order valence-corrected chi connectivity index (χ4v) is 6.31. The number of imide groups is 1. The van der Waals surface area contributed by atoms with E-state index in [-0.39, 0.29) is 11.1 Å². The monoisotopic (exact) mass is 903 g/mol. The van der Waals surface area contributed by atoms with E-state index in [9.17, 15) is 58.7 Å². The van der Waals surface area contributed by atoms with E-state index >= 15 is 13.2 Å². The van der Waals surface area contributed by atoms with Crippen molar-refractivity contribution in [3.05, 3.63) is 159 Å². The fraction of sp³-hybridized carbons (Fsp3) is 0.128. The highest BCUT2D eigenvalue weighted by Crippen LogP contribution is 2.55. The molecule has 0 saturated carbocycles. The van der Waals surface area contributed by atoms with E-state index in [0.717, 1.165) is 31.3 Å². The molecule has 0 atom stereocenters. The first-order chi connectivity index (χ1) is 27.4. The number of alkyl halides is 10. The van der Waals surface area contributed by atoms with Gasteiger partial charge in [-0.25, -0.2) is 18.1 Å². The number of nitrogens with one attached hydrogen (secondary N) is 1. The molecule has 0 spiro atoms. The van der Waals surface area contributed by atoms with Gasteiger partial charge in [-0.3, -0.25) is 19.2 Å². The van der Waals surface area contributed by atoms with E-state index in [1.165, 1.54) is 60.7 Å². The number of nitrogens with zero attached hydrogens (tertiary/aromatic N) is 2. The van der Waals surface area contributed by atoms with Crippen molar-refractivity contribution in [2.75, 3.05) is 22.2 Å². The summed E-state index contributed by atoms with van der Waals surface area (Å²) in [7, 11) is 1.02. The molecule has 4 amide bonds. The van der Waals surface area contributed by atoms with Crippen LogP contribution in [0.4, 0.5) is 69.7 Å². The molecule has 0 aliphatic rings. The van der Waals surface area contributed by atoms with Crippen LogP contribution in [0.2, 0.25) is 0 Å². The smallest absolute Gasteiger partial charge is 0.319 e. The number of halogens is 13. The second-order valence-corrected chi connectivity index (χ2v) is 13.2. The van der Waals surface area contributed by atoms with Crippen molar-refractivity contribution in [2.45, 2.75) is 24.2 Å². The van der Waals surface area contributed by atoms with Gasteiger partial charge in [0.15, 0.2) is 11.6 Å². The number of benzene rings is 5. The first kappa shape index (κ1) is 43.9. The minimum atomic E-state index is -6.93. The lowest BCUT2D eigenvalue weighted by molar-refractivity contribution is -0.348. The molecule has 0 aromatic heterocycles. The molecule has 0 fully saturated rings. The lowest BCUT2D eigenvalue weighted by Gasteiger charge is -2.32. The summed E-state index contributed by atoms with van der Waals surface area (Å²) in [6.45, 7) is 0. The van der Waals surface area contributed by atoms with Crippen LogP contribution in [0.5, 0.6) is 0 Å². The molecule has 20 heteroatoms. The summed E-state index contributed by atoms with van der Waals surface area (Å²) in [5, 5.41) is 2.10. The zero-order valence-corrected chi connectivity index (χ0v) is 30.9. The van der Waals surface area contributed by atoms with Crippen LogP contribution in [-0.4, -0.2) is 43.0 Å². The minimum Gasteiger partial charge on any atom is -0.319 e. The predicted octanol–water partition coefficient (Wildman–Crippen LogP) is 11.1. The average molecular weight is 905 g/mol. The maximum atomic E-state index is 16.3. The number of hydrogen-bond donors (Lipinski definition) is 1. The van der Waals surface area contributed by atoms with Crippen LogP contribution < -0.4 is 15.1 Å². The van der Waals surface area contributed by atoms with Crippen LogP contribution >= 0.6 is 15.9 Å². The number of carbonyl (C=O) groups excluding carboxylic acids is 4. The van der Waals surface area contributed by atoms with Gasteiger partial charge in [0, 0.05) is 28.2 Å². The first-order valence-corrected chi connectivity index (χ1v) is 17.1. The maximum Gasteiger partial charge on any atom is 0.435 e. The number of carbonyl (C=O) groups is 4. The normalized spacial score (nSPS) is 12.2. The summed E-state index contributed by atoms with van der Waals surface area (Å²) in [6, 6.07) is 17.4. The van der Waals surface area contributed by atoms with Crippen LogP contribution in [0.15, 0.2) is 114 Å². The van der Waals surface area contributed by atoms with E-state index in [2.05, 4.69) is 21.2 Å². The lowest BCUT2D eigenvalue weighted by Crippen LogP contribution is -2.50. The molecular weight excluding hydrogens is 882 g/mol. The Balaban J connectivity index is 1.77. The predicted molar refractivity (Wildman–Crippen MR) is 192 cm³/mol. The van der Waals surface area contributed by atoms with Gasteiger partial charge in [0.1, 0.15) is 0 Å². The Labute approximate surface area is 333 Å². The summed E-state index contributed by atoms with van der Waals surface area (Å²) in [6.07, 6.45) is -20.0. The molecule has 0 saturated heterocycles. The Morgan fingerprint density at radius 3 is 1.59 bits per heavy atom. The molecule has 0 aliphatic carbocycles. The van der Waals surface area contributed by atoms with E-state index in [4.69, 9.17) is 0 Å². The minimum absolute atomic E-state index is 0.0156. The zero-order valence-electron chi connectivity index (χ0n) is 29.3. The molecular formula is C39H22BrF12N3O4. The second kappa shape index (κ2) is 16.2. The van der Waals surface area contributed by atoms with Crippen molar-refractivity contribution in [1.29, 1.82) is 0 Å².